The van der Waals surface area contributed by atoms with E-state index >= 15 is 0 Å². The van der Waals surface area contributed by atoms with Crippen LogP contribution in [0.1, 0.15) is 26.6 Å². The maximum atomic E-state index is 12.6. The van der Waals surface area contributed by atoms with Crippen LogP contribution in [0.25, 0.3) is 0 Å². The molecule has 0 spiro atoms. The molecule has 0 aliphatic carbocycles. The van der Waals surface area contributed by atoms with E-state index in [2.05, 4.69) is 20.6 Å². The summed E-state index contributed by atoms with van der Waals surface area (Å²) in [5.74, 6) is 0.506. The van der Waals surface area contributed by atoms with E-state index in [0.29, 0.717) is 42.5 Å². The van der Waals surface area contributed by atoms with Gasteiger partial charge in [0.15, 0.2) is 11.7 Å². The third-order valence-corrected chi connectivity index (χ3v) is 4.89. The van der Waals surface area contributed by atoms with E-state index in [1.54, 1.807) is 27.2 Å². The number of benzene rings is 1. The van der Waals surface area contributed by atoms with Gasteiger partial charge in [0.1, 0.15) is 0 Å². The molecule has 0 saturated carbocycles. The molecule has 1 aromatic carbocycles. The summed E-state index contributed by atoms with van der Waals surface area (Å²) in [6.07, 6.45) is -3.35. The molecular weight excluding hydrogens is 403 g/mol. The lowest BCUT2D eigenvalue weighted by molar-refractivity contribution is -0.140. The van der Waals surface area contributed by atoms with Crippen molar-refractivity contribution >= 4 is 23.2 Å². The van der Waals surface area contributed by atoms with Gasteiger partial charge in [0.25, 0.3) is 5.91 Å². The summed E-state index contributed by atoms with van der Waals surface area (Å²) in [5, 5.41) is 7.66. The lowest BCUT2D eigenvalue weighted by Crippen LogP contribution is -2.39. The number of rotatable bonds is 7. The molecule has 0 radical (unpaired) electrons. The summed E-state index contributed by atoms with van der Waals surface area (Å²) in [5.41, 5.74) is 0.801. The van der Waals surface area contributed by atoms with Gasteiger partial charge in [0.05, 0.1) is 5.01 Å². The van der Waals surface area contributed by atoms with Crippen molar-refractivity contribution in [3.8, 4) is 0 Å². The van der Waals surface area contributed by atoms with E-state index < -0.39 is 11.9 Å². The number of alkyl halides is 3. The molecule has 29 heavy (non-hydrogen) atoms. The van der Waals surface area contributed by atoms with Crippen LogP contribution < -0.4 is 10.6 Å². The van der Waals surface area contributed by atoms with E-state index in [0.717, 1.165) is 22.3 Å². The fraction of sp³-hybridized carbons (Fsp3) is 0.421. The van der Waals surface area contributed by atoms with Crippen molar-refractivity contribution < 1.29 is 18.0 Å². The summed E-state index contributed by atoms with van der Waals surface area (Å²) in [4.78, 5) is 21.3. The molecule has 1 aromatic heterocycles. The van der Waals surface area contributed by atoms with Crippen LogP contribution in [0.15, 0.2) is 34.6 Å². The van der Waals surface area contributed by atoms with Crippen LogP contribution in [-0.2, 0) is 19.0 Å². The average Bonchev–Trinajstić information content (AvgIpc) is 3.15. The number of guanidine groups is 1. The molecule has 2 rings (SSSR count). The van der Waals surface area contributed by atoms with Gasteiger partial charge in [0, 0.05) is 51.6 Å². The van der Waals surface area contributed by atoms with Gasteiger partial charge >= 0.3 is 6.18 Å². The van der Waals surface area contributed by atoms with Gasteiger partial charge in [-0.3, -0.25) is 9.79 Å². The number of nitrogens with zero attached hydrogens (tertiary/aromatic N) is 3. The molecule has 0 fully saturated rings. The molecule has 158 valence electrons. The Labute approximate surface area is 171 Å². The molecular formula is C19H24F3N5OS. The Morgan fingerprint density at radius 2 is 1.90 bits per heavy atom. The lowest BCUT2D eigenvalue weighted by Gasteiger charge is -2.13. The van der Waals surface area contributed by atoms with Crippen molar-refractivity contribution in [2.45, 2.75) is 19.0 Å². The Kier molecular flexibility index (Phi) is 8.00. The Morgan fingerprint density at radius 1 is 1.21 bits per heavy atom. The first kappa shape index (κ1) is 22.7. The highest BCUT2D eigenvalue weighted by molar-refractivity contribution is 7.09. The van der Waals surface area contributed by atoms with Crippen molar-refractivity contribution in [2.75, 3.05) is 34.2 Å². The van der Waals surface area contributed by atoms with Crippen LogP contribution in [0, 0.1) is 0 Å². The van der Waals surface area contributed by atoms with Crippen LogP contribution in [0.2, 0.25) is 0 Å². The predicted octanol–water partition coefficient (Wildman–Crippen LogP) is 2.81. The maximum Gasteiger partial charge on any atom is 0.434 e. The molecule has 1 heterocycles. The van der Waals surface area contributed by atoms with E-state index in [9.17, 15) is 18.0 Å². The zero-order chi connectivity index (χ0) is 21.4. The number of halogens is 3. The first-order valence-electron chi connectivity index (χ1n) is 8.97. The van der Waals surface area contributed by atoms with Crippen LogP contribution in [0.3, 0.4) is 0 Å². The first-order chi connectivity index (χ1) is 13.7. The van der Waals surface area contributed by atoms with Crippen LogP contribution in [0.5, 0.6) is 0 Å². The first-order valence-corrected chi connectivity index (χ1v) is 9.85. The van der Waals surface area contributed by atoms with Gasteiger partial charge in [-0.2, -0.15) is 13.2 Å². The van der Waals surface area contributed by atoms with E-state index in [4.69, 9.17) is 0 Å². The number of carbonyl (C=O) groups is 1. The van der Waals surface area contributed by atoms with Gasteiger partial charge in [-0.15, -0.1) is 11.3 Å². The van der Waals surface area contributed by atoms with Crippen LogP contribution in [0.4, 0.5) is 13.2 Å². The fourth-order valence-electron chi connectivity index (χ4n) is 2.51. The van der Waals surface area contributed by atoms with Crippen molar-refractivity contribution in [3.63, 3.8) is 0 Å². The van der Waals surface area contributed by atoms with Gasteiger partial charge in [0.2, 0.25) is 0 Å². The highest BCUT2D eigenvalue weighted by atomic mass is 32.1. The maximum absolute atomic E-state index is 12.6. The topological polar surface area (TPSA) is 69.6 Å². The van der Waals surface area contributed by atoms with E-state index in [-0.39, 0.29) is 5.91 Å². The van der Waals surface area contributed by atoms with Crippen LogP contribution in [-0.4, -0.2) is 56.0 Å². The molecule has 2 aromatic rings. The minimum absolute atomic E-state index is 0.0480. The quantitative estimate of drug-likeness (QED) is 0.527. The minimum Gasteiger partial charge on any atom is -0.356 e. The minimum atomic E-state index is -4.41. The molecule has 2 N–H and O–H groups in total. The molecule has 10 heteroatoms. The highest BCUT2D eigenvalue weighted by Gasteiger charge is 2.33. The Bertz CT molecular complexity index is 848. The third-order valence-electron chi connectivity index (χ3n) is 3.98. The summed E-state index contributed by atoms with van der Waals surface area (Å²) >= 11 is 0.994. The number of thiazole rings is 1. The second kappa shape index (κ2) is 10.2. The van der Waals surface area contributed by atoms with Gasteiger partial charge in [-0.25, -0.2) is 4.98 Å². The van der Waals surface area contributed by atoms with Crippen LogP contribution >= 0.6 is 11.3 Å². The number of aliphatic imine (C=N–C) groups is 1. The second-order valence-electron chi connectivity index (χ2n) is 6.45. The number of hydrogen-bond acceptors (Lipinski definition) is 4. The Morgan fingerprint density at radius 3 is 2.48 bits per heavy atom. The Hall–Kier alpha value is -2.62. The highest BCUT2D eigenvalue weighted by Crippen LogP contribution is 2.29. The van der Waals surface area contributed by atoms with E-state index in [1.807, 2.05) is 18.2 Å². The van der Waals surface area contributed by atoms with Gasteiger partial charge in [-0.05, 0) is 24.1 Å². The number of amides is 1. The molecule has 1 amide bonds. The number of carbonyl (C=O) groups excluding carboxylic acids is 1. The SMILES string of the molecule is CN=C(NCCc1cccc(C(=O)N(C)C)c1)NCCc1nc(C(F)(F)F)cs1. The molecule has 0 saturated heterocycles. The molecule has 0 unspecified atom stereocenters. The fourth-order valence-corrected chi connectivity index (χ4v) is 3.31. The van der Waals surface area contributed by atoms with Gasteiger partial charge < -0.3 is 15.5 Å². The normalized spacial score (nSPS) is 12.0. The molecule has 0 aliphatic heterocycles. The summed E-state index contributed by atoms with van der Waals surface area (Å²) in [6.45, 7) is 1.01. The van der Waals surface area contributed by atoms with Crippen molar-refractivity contribution in [1.29, 1.82) is 0 Å². The summed E-state index contributed by atoms with van der Waals surface area (Å²) in [6, 6.07) is 7.44. The number of aromatic nitrogens is 1. The van der Waals surface area contributed by atoms with E-state index in [1.165, 1.54) is 4.90 Å². The largest absolute Gasteiger partial charge is 0.434 e. The zero-order valence-electron chi connectivity index (χ0n) is 16.5. The zero-order valence-corrected chi connectivity index (χ0v) is 17.3. The summed E-state index contributed by atoms with van der Waals surface area (Å²) in [7, 11) is 5.04. The predicted molar refractivity (Wildman–Crippen MR) is 108 cm³/mol. The Balaban J connectivity index is 1.77. The molecule has 0 atom stereocenters. The van der Waals surface area contributed by atoms with Crippen molar-refractivity contribution in [3.05, 3.63) is 51.5 Å². The van der Waals surface area contributed by atoms with Gasteiger partial charge in [-0.1, -0.05) is 12.1 Å². The number of nitrogens with one attached hydrogen (secondary N) is 2. The molecule has 6 nitrogen and oxygen atoms in total. The van der Waals surface area contributed by atoms with Crippen molar-refractivity contribution in [2.24, 2.45) is 4.99 Å². The molecule has 0 aliphatic rings. The molecule has 0 bridgehead atoms. The lowest BCUT2D eigenvalue weighted by atomic mass is 10.1. The summed E-state index contributed by atoms with van der Waals surface area (Å²) < 4.78 is 37.7. The number of hydrogen-bond donors (Lipinski definition) is 2. The monoisotopic (exact) mass is 427 g/mol. The third kappa shape index (κ3) is 7.04. The second-order valence-corrected chi connectivity index (χ2v) is 7.39. The average molecular weight is 427 g/mol. The van der Waals surface area contributed by atoms with Crippen molar-refractivity contribution in [1.82, 2.24) is 20.5 Å². The smallest absolute Gasteiger partial charge is 0.356 e. The standard InChI is InChI=1S/C19H24F3N5OS/c1-23-18(25-10-8-16-26-15(12-29-16)19(20,21)22)24-9-7-13-5-4-6-14(11-13)17(28)27(2)3/h4-6,11-12H,7-10H2,1-3H3,(H2,23,24,25).